The molecule has 1 aromatic rings. The van der Waals surface area contributed by atoms with Crippen molar-refractivity contribution in [2.24, 2.45) is 5.16 Å². The lowest BCUT2D eigenvalue weighted by atomic mass is 9.96. The predicted octanol–water partition coefficient (Wildman–Crippen LogP) is 1.83. The largest absolute Gasteiger partial charge is 0.411 e. The van der Waals surface area contributed by atoms with Gasteiger partial charge in [-0.3, -0.25) is 4.57 Å². The van der Waals surface area contributed by atoms with Gasteiger partial charge in [0.2, 0.25) is 0 Å². The third-order valence-corrected chi connectivity index (χ3v) is 2.29. The van der Waals surface area contributed by atoms with Crippen molar-refractivity contribution in [2.45, 2.75) is 6.32 Å². The summed E-state index contributed by atoms with van der Waals surface area (Å²) in [7, 11) is 5.37. The van der Waals surface area contributed by atoms with Crippen LogP contribution < -0.4 is 0 Å². The summed E-state index contributed by atoms with van der Waals surface area (Å²) >= 11 is 0. The Balaban J connectivity index is 2.89. The van der Waals surface area contributed by atoms with Crippen molar-refractivity contribution in [3.05, 3.63) is 35.4 Å². The average molecular weight is 205 g/mol. The lowest BCUT2D eigenvalue weighted by Crippen LogP contribution is -2.02. The number of oxime groups is 1. The van der Waals surface area contributed by atoms with Crippen LogP contribution in [0.15, 0.2) is 29.4 Å². The molecule has 0 atom stereocenters. The fourth-order valence-electron chi connectivity index (χ4n) is 1.08. The van der Waals surface area contributed by atoms with E-state index < -0.39 is 0 Å². The molecule has 1 aromatic carbocycles. The van der Waals surface area contributed by atoms with Crippen molar-refractivity contribution >= 4 is 22.0 Å². The van der Waals surface area contributed by atoms with E-state index in [4.69, 9.17) is 13.1 Å². The fraction of sp³-hybridized carbons (Fsp3) is 0.222. The van der Waals surface area contributed by atoms with Crippen LogP contribution in [0.1, 0.15) is 11.1 Å². The Hall–Kier alpha value is -1.15. The van der Waals surface area contributed by atoms with Gasteiger partial charge in [-0.2, -0.15) is 0 Å². The lowest BCUT2D eigenvalue weighted by molar-refractivity contribution is 0.319. The van der Waals surface area contributed by atoms with Gasteiger partial charge in [-0.15, -0.1) is 0 Å². The van der Waals surface area contributed by atoms with E-state index in [1.165, 1.54) is 0 Å². The van der Waals surface area contributed by atoms with Gasteiger partial charge in [0.25, 0.3) is 0 Å². The standard InChI is InChI=1S/C9H9BNO2P/c10-5-7-1-3-8(4-2-7)9(11-12)6-14-13/h1-4,12H,5-6H2/b11-9+. The molecule has 0 fully saturated rings. The fourth-order valence-corrected chi connectivity index (χ4v) is 1.44. The van der Waals surface area contributed by atoms with Gasteiger partial charge in [-0.25, -0.2) is 0 Å². The van der Waals surface area contributed by atoms with Crippen LogP contribution in [-0.4, -0.2) is 24.9 Å². The molecule has 0 spiro atoms. The van der Waals surface area contributed by atoms with Gasteiger partial charge in [0.1, 0.15) is 0 Å². The molecule has 14 heavy (non-hydrogen) atoms. The minimum absolute atomic E-state index is 0.0619. The Labute approximate surface area is 85.4 Å². The molecule has 0 saturated heterocycles. The molecule has 0 amide bonds. The molecular formula is C9H9BNO2P. The average Bonchev–Trinajstić information content (AvgIpc) is 2.26. The van der Waals surface area contributed by atoms with Crippen LogP contribution in [0.25, 0.3) is 0 Å². The Morgan fingerprint density at radius 2 is 2.07 bits per heavy atom. The van der Waals surface area contributed by atoms with Gasteiger partial charge in [-0.1, -0.05) is 41.3 Å². The summed E-state index contributed by atoms with van der Waals surface area (Å²) in [4.78, 5) is 0. The first-order valence-corrected chi connectivity index (χ1v) is 5.11. The Bertz CT molecular complexity index is 337. The molecule has 70 valence electrons. The van der Waals surface area contributed by atoms with Crippen molar-refractivity contribution in [2.75, 3.05) is 6.16 Å². The smallest absolute Gasteiger partial charge is 0.161 e. The SMILES string of the molecule is [B]Cc1ccc(/C(CP=O)=N/O)cc1. The Kier molecular flexibility index (Phi) is 4.34. The van der Waals surface area contributed by atoms with Gasteiger partial charge in [-0.05, 0) is 0 Å². The molecule has 1 rings (SSSR count). The van der Waals surface area contributed by atoms with Gasteiger partial charge in [0.05, 0.1) is 19.7 Å². The second-order valence-corrected chi connectivity index (χ2v) is 3.31. The van der Waals surface area contributed by atoms with E-state index in [1.807, 2.05) is 12.1 Å². The number of nitrogens with zero attached hydrogens (tertiary/aromatic N) is 1. The summed E-state index contributed by atoms with van der Waals surface area (Å²) in [6, 6.07) is 7.29. The number of hydrogen-bond acceptors (Lipinski definition) is 3. The summed E-state index contributed by atoms with van der Waals surface area (Å²) in [5, 5.41) is 11.7. The molecule has 0 heterocycles. The minimum Gasteiger partial charge on any atom is -0.411 e. The highest BCUT2D eigenvalue weighted by Gasteiger charge is 2.03. The topological polar surface area (TPSA) is 49.7 Å². The molecule has 2 radical (unpaired) electrons. The van der Waals surface area contributed by atoms with Crippen LogP contribution in [0.2, 0.25) is 0 Å². The maximum Gasteiger partial charge on any atom is 0.161 e. The maximum atomic E-state index is 10.4. The molecule has 0 aliphatic heterocycles. The molecule has 0 aliphatic carbocycles. The molecule has 3 nitrogen and oxygen atoms in total. The molecule has 0 saturated carbocycles. The zero-order valence-corrected chi connectivity index (χ0v) is 8.45. The zero-order chi connectivity index (χ0) is 10.4. The molecular weight excluding hydrogens is 196 g/mol. The van der Waals surface area contributed by atoms with E-state index in [1.54, 1.807) is 12.1 Å². The molecule has 5 heteroatoms. The van der Waals surface area contributed by atoms with Crippen molar-refractivity contribution in [1.29, 1.82) is 0 Å². The third-order valence-electron chi connectivity index (χ3n) is 1.86. The van der Waals surface area contributed by atoms with E-state index >= 15 is 0 Å². The second kappa shape index (κ2) is 5.56. The Morgan fingerprint density at radius 3 is 2.50 bits per heavy atom. The highest BCUT2D eigenvalue weighted by Crippen LogP contribution is 2.08. The highest BCUT2D eigenvalue weighted by atomic mass is 31.1. The first-order chi connectivity index (χ1) is 6.81. The molecule has 0 bridgehead atoms. The highest BCUT2D eigenvalue weighted by molar-refractivity contribution is 7.25. The second-order valence-electron chi connectivity index (χ2n) is 2.73. The van der Waals surface area contributed by atoms with Crippen molar-refractivity contribution in [3.8, 4) is 0 Å². The lowest BCUT2D eigenvalue weighted by Gasteiger charge is -2.01. The summed E-state index contributed by atoms with van der Waals surface area (Å²) in [5.74, 6) is 0. The van der Waals surface area contributed by atoms with E-state index in [2.05, 4.69) is 5.16 Å². The van der Waals surface area contributed by atoms with E-state index in [9.17, 15) is 4.57 Å². The predicted molar refractivity (Wildman–Crippen MR) is 56.7 cm³/mol. The van der Waals surface area contributed by atoms with E-state index in [0.717, 1.165) is 11.1 Å². The molecule has 0 unspecified atom stereocenters. The summed E-state index contributed by atoms with van der Waals surface area (Å²) in [6.45, 7) is 0. The van der Waals surface area contributed by atoms with Crippen molar-refractivity contribution in [3.63, 3.8) is 0 Å². The van der Waals surface area contributed by atoms with Gasteiger partial charge in [0.15, 0.2) is 8.46 Å². The Morgan fingerprint density at radius 1 is 1.43 bits per heavy atom. The van der Waals surface area contributed by atoms with Crippen LogP contribution in [0.3, 0.4) is 0 Å². The quantitative estimate of drug-likeness (QED) is 0.268. The molecule has 0 aromatic heterocycles. The normalized spacial score (nSPS) is 11.9. The van der Waals surface area contributed by atoms with Crippen LogP contribution in [0.4, 0.5) is 0 Å². The van der Waals surface area contributed by atoms with Gasteiger partial charge < -0.3 is 5.21 Å². The summed E-state index contributed by atoms with van der Waals surface area (Å²) < 4.78 is 10.4. The summed E-state index contributed by atoms with van der Waals surface area (Å²) in [6.07, 6.45) is 0.685. The molecule has 0 aliphatic rings. The third kappa shape index (κ3) is 2.67. The van der Waals surface area contributed by atoms with Crippen molar-refractivity contribution < 1.29 is 9.77 Å². The van der Waals surface area contributed by atoms with Crippen LogP contribution in [0.5, 0.6) is 0 Å². The summed E-state index contributed by atoms with van der Waals surface area (Å²) in [5.41, 5.74) is 2.17. The van der Waals surface area contributed by atoms with Crippen molar-refractivity contribution in [1.82, 2.24) is 0 Å². The molecule has 1 N–H and O–H groups in total. The first-order valence-electron chi connectivity index (χ1n) is 4.11. The monoisotopic (exact) mass is 205 g/mol. The van der Waals surface area contributed by atoms with Gasteiger partial charge >= 0.3 is 0 Å². The maximum absolute atomic E-state index is 10.4. The van der Waals surface area contributed by atoms with Crippen LogP contribution >= 0.6 is 8.46 Å². The van der Waals surface area contributed by atoms with Crippen LogP contribution in [-0.2, 0) is 10.9 Å². The van der Waals surface area contributed by atoms with Gasteiger partial charge in [0, 0.05) is 5.56 Å². The number of benzene rings is 1. The first kappa shape index (κ1) is 10.9. The number of rotatable bonds is 4. The number of hydrogen-bond donors (Lipinski definition) is 1. The zero-order valence-electron chi connectivity index (χ0n) is 7.55. The van der Waals surface area contributed by atoms with E-state index in [-0.39, 0.29) is 14.6 Å². The minimum atomic E-state index is -0.0619. The van der Waals surface area contributed by atoms with Crippen LogP contribution in [0, 0.1) is 0 Å². The van der Waals surface area contributed by atoms with E-state index in [0.29, 0.717) is 12.0 Å².